The SMILES string of the molecule is Cc1cnc(CNCc2ccccc2Cl)s1. The number of rotatable bonds is 4. The van der Waals surface area contributed by atoms with Gasteiger partial charge in [0.25, 0.3) is 0 Å². The molecule has 1 aromatic carbocycles. The summed E-state index contributed by atoms with van der Waals surface area (Å²) < 4.78 is 0. The topological polar surface area (TPSA) is 24.9 Å². The van der Waals surface area contributed by atoms with Crippen LogP contribution in [0.5, 0.6) is 0 Å². The van der Waals surface area contributed by atoms with Gasteiger partial charge in [-0.3, -0.25) is 0 Å². The van der Waals surface area contributed by atoms with Gasteiger partial charge in [0.2, 0.25) is 0 Å². The molecule has 0 spiro atoms. The molecule has 0 aliphatic carbocycles. The number of aromatic nitrogens is 1. The number of halogens is 1. The Morgan fingerprint density at radius 2 is 2.12 bits per heavy atom. The van der Waals surface area contributed by atoms with E-state index in [0.29, 0.717) is 0 Å². The van der Waals surface area contributed by atoms with Gasteiger partial charge < -0.3 is 5.32 Å². The number of hydrogen-bond donors (Lipinski definition) is 1. The Kier molecular flexibility index (Phi) is 3.93. The molecule has 4 heteroatoms. The largest absolute Gasteiger partial charge is 0.306 e. The van der Waals surface area contributed by atoms with E-state index in [4.69, 9.17) is 11.6 Å². The van der Waals surface area contributed by atoms with Gasteiger partial charge in [-0.25, -0.2) is 4.98 Å². The first-order valence-corrected chi connectivity index (χ1v) is 6.30. The quantitative estimate of drug-likeness (QED) is 0.902. The fourth-order valence-electron chi connectivity index (χ4n) is 1.43. The molecule has 0 fully saturated rings. The summed E-state index contributed by atoms with van der Waals surface area (Å²) in [5, 5.41) is 5.26. The Morgan fingerprint density at radius 1 is 1.31 bits per heavy atom. The highest BCUT2D eigenvalue weighted by atomic mass is 35.5. The highest BCUT2D eigenvalue weighted by molar-refractivity contribution is 7.11. The van der Waals surface area contributed by atoms with Gasteiger partial charge in [-0.2, -0.15) is 0 Å². The summed E-state index contributed by atoms with van der Waals surface area (Å²) in [6.07, 6.45) is 1.90. The molecule has 0 bridgehead atoms. The summed E-state index contributed by atoms with van der Waals surface area (Å²) in [7, 11) is 0. The molecule has 2 aromatic rings. The first-order valence-electron chi connectivity index (χ1n) is 5.11. The van der Waals surface area contributed by atoms with Crippen molar-refractivity contribution in [3.63, 3.8) is 0 Å². The molecule has 0 aliphatic rings. The first kappa shape index (κ1) is 11.6. The molecular weight excluding hydrogens is 240 g/mol. The van der Waals surface area contributed by atoms with E-state index >= 15 is 0 Å². The molecule has 0 saturated carbocycles. The van der Waals surface area contributed by atoms with Crippen LogP contribution >= 0.6 is 22.9 Å². The smallest absolute Gasteiger partial charge is 0.107 e. The number of hydrogen-bond acceptors (Lipinski definition) is 3. The lowest BCUT2D eigenvalue weighted by molar-refractivity contribution is 0.690. The van der Waals surface area contributed by atoms with Crippen LogP contribution in [0.1, 0.15) is 15.4 Å². The van der Waals surface area contributed by atoms with E-state index in [0.717, 1.165) is 28.7 Å². The van der Waals surface area contributed by atoms with Crippen molar-refractivity contribution in [1.82, 2.24) is 10.3 Å². The lowest BCUT2D eigenvalue weighted by atomic mass is 10.2. The van der Waals surface area contributed by atoms with Crippen molar-refractivity contribution in [3.8, 4) is 0 Å². The van der Waals surface area contributed by atoms with Crippen LogP contribution in [0.3, 0.4) is 0 Å². The zero-order chi connectivity index (χ0) is 11.4. The Labute approximate surface area is 104 Å². The Morgan fingerprint density at radius 3 is 2.81 bits per heavy atom. The van der Waals surface area contributed by atoms with E-state index in [-0.39, 0.29) is 0 Å². The minimum atomic E-state index is 0.776. The summed E-state index contributed by atoms with van der Waals surface area (Å²) in [6, 6.07) is 7.88. The van der Waals surface area contributed by atoms with Crippen molar-refractivity contribution < 1.29 is 0 Å². The van der Waals surface area contributed by atoms with E-state index < -0.39 is 0 Å². The zero-order valence-corrected chi connectivity index (χ0v) is 10.6. The van der Waals surface area contributed by atoms with Gasteiger partial charge >= 0.3 is 0 Å². The van der Waals surface area contributed by atoms with Crippen molar-refractivity contribution in [2.75, 3.05) is 0 Å². The maximum atomic E-state index is 6.06. The number of aryl methyl sites for hydroxylation is 1. The van der Waals surface area contributed by atoms with E-state index in [1.807, 2.05) is 30.5 Å². The molecule has 0 atom stereocenters. The van der Waals surface area contributed by atoms with E-state index in [9.17, 15) is 0 Å². The molecule has 0 unspecified atom stereocenters. The van der Waals surface area contributed by atoms with Crippen LogP contribution < -0.4 is 5.32 Å². The van der Waals surface area contributed by atoms with Gasteiger partial charge in [-0.1, -0.05) is 29.8 Å². The monoisotopic (exact) mass is 252 g/mol. The molecule has 1 N–H and O–H groups in total. The van der Waals surface area contributed by atoms with Gasteiger partial charge in [-0.15, -0.1) is 11.3 Å². The molecule has 0 amide bonds. The van der Waals surface area contributed by atoms with Crippen molar-refractivity contribution >= 4 is 22.9 Å². The van der Waals surface area contributed by atoms with Crippen LogP contribution in [0, 0.1) is 6.92 Å². The fraction of sp³-hybridized carbons (Fsp3) is 0.250. The Balaban J connectivity index is 1.87. The molecule has 84 valence electrons. The number of thiazole rings is 1. The molecule has 0 saturated heterocycles. The maximum Gasteiger partial charge on any atom is 0.107 e. The van der Waals surface area contributed by atoms with Crippen molar-refractivity contribution in [2.24, 2.45) is 0 Å². The summed E-state index contributed by atoms with van der Waals surface area (Å²) in [6.45, 7) is 3.64. The molecule has 1 aromatic heterocycles. The van der Waals surface area contributed by atoms with Crippen LogP contribution in [0.4, 0.5) is 0 Å². The third kappa shape index (κ3) is 3.04. The summed E-state index contributed by atoms with van der Waals surface area (Å²) in [5.41, 5.74) is 1.12. The highest BCUT2D eigenvalue weighted by Crippen LogP contribution is 2.15. The van der Waals surface area contributed by atoms with Crippen molar-refractivity contribution in [1.29, 1.82) is 0 Å². The number of nitrogens with zero attached hydrogens (tertiary/aromatic N) is 1. The molecule has 16 heavy (non-hydrogen) atoms. The second-order valence-electron chi connectivity index (χ2n) is 3.56. The van der Waals surface area contributed by atoms with Gasteiger partial charge in [0.1, 0.15) is 5.01 Å². The van der Waals surface area contributed by atoms with Crippen molar-refractivity contribution in [3.05, 3.63) is 50.9 Å². The average Bonchev–Trinajstić information content (AvgIpc) is 2.67. The first-order chi connectivity index (χ1) is 7.75. The highest BCUT2D eigenvalue weighted by Gasteiger charge is 2.00. The van der Waals surface area contributed by atoms with Gasteiger partial charge in [0.15, 0.2) is 0 Å². The third-order valence-corrected chi connectivity index (χ3v) is 3.50. The zero-order valence-electron chi connectivity index (χ0n) is 9.03. The second-order valence-corrected chi connectivity index (χ2v) is 5.29. The second kappa shape index (κ2) is 5.43. The third-order valence-electron chi connectivity index (χ3n) is 2.22. The Hall–Kier alpha value is -0.900. The predicted molar refractivity (Wildman–Crippen MR) is 68.8 cm³/mol. The predicted octanol–water partition coefficient (Wildman–Crippen LogP) is 3.39. The Bertz CT molecular complexity index is 468. The van der Waals surface area contributed by atoms with E-state index in [1.165, 1.54) is 4.88 Å². The summed E-state index contributed by atoms with van der Waals surface area (Å²) in [4.78, 5) is 5.54. The number of benzene rings is 1. The lowest BCUT2D eigenvalue weighted by Gasteiger charge is -2.04. The standard InChI is InChI=1S/C12H13ClN2S/c1-9-6-15-12(16-9)8-14-7-10-4-2-3-5-11(10)13/h2-6,14H,7-8H2,1H3. The molecule has 0 aliphatic heterocycles. The van der Waals surface area contributed by atoms with Gasteiger partial charge in [0, 0.05) is 29.2 Å². The average molecular weight is 253 g/mol. The fourth-order valence-corrected chi connectivity index (χ4v) is 2.39. The number of nitrogens with one attached hydrogen (secondary N) is 1. The molecule has 2 nitrogen and oxygen atoms in total. The van der Waals surface area contributed by atoms with Crippen LogP contribution in [-0.2, 0) is 13.1 Å². The van der Waals surface area contributed by atoms with Crippen LogP contribution in [-0.4, -0.2) is 4.98 Å². The molecule has 1 heterocycles. The van der Waals surface area contributed by atoms with E-state index in [2.05, 4.69) is 17.2 Å². The molecule has 2 rings (SSSR count). The normalized spacial score (nSPS) is 10.6. The van der Waals surface area contributed by atoms with Crippen LogP contribution in [0.2, 0.25) is 5.02 Å². The minimum absolute atomic E-state index is 0.776. The van der Waals surface area contributed by atoms with Gasteiger partial charge in [-0.05, 0) is 18.6 Å². The van der Waals surface area contributed by atoms with Crippen molar-refractivity contribution in [2.45, 2.75) is 20.0 Å². The molecular formula is C12H13ClN2S. The van der Waals surface area contributed by atoms with Crippen LogP contribution in [0.15, 0.2) is 30.5 Å². The minimum Gasteiger partial charge on any atom is -0.306 e. The van der Waals surface area contributed by atoms with Gasteiger partial charge in [0.05, 0.1) is 0 Å². The summed E-state index contributed by atoms with van der Waals surface area (Å²) in [5.74, 6) is 0. The summed E-state index contributed by atoms with van der Waals surface area (Å²) >= 11 is 7.78. The lowest BCUT2D eigenvalue weighted by Crippen LogP contribution is -2.12. The maximum absolute atomic E-state index is 6.06. The van der Waals surface area contributed by atoms with Crippen LogP contribution in [0.25, 0.3) is 0 Å². The molecule has 0 radical (unpaired) electrons. The van der Waals surface area contributed by atoms with E-state index in [1.54, 1.807) is 11.3 Å².